The second-order valence-corrected chi connectivity index (χ2v) is 5.81. The van der Waals surface area contributed by atoms with Crippen LogP contribution in [0.5, 0.6) is 17.2 Å². The Bertz CT molecular complexity index is 801. The summed E-state index contributed by atoms with van der Waals surface area (Å²) in [5.74, 6) is -0.0870. The average molecular weight is 373 g/mol. The quantitative estimate of drug-likeness (QED) is 0.751. The fourth-order valence-corrected chi connectivity index (χ4v) is 2.60. The predicted octanol–water partition coefficient (Wildman–Crippen LogP) is 3.12. The van der Waals surface area contributed by atoms with Gasteiger partial charge in [0, 0.05) is 5.69 Å². The molecule has 1 amide bonds. The average Bonchev–Trinajstić information content (AvgIpc) is 2.67. The number of ether oxygens (including phenoxy) is 4. The first kappa shape index (κ1) is 20.1. The van der Waals surface area contributed by atoms with Crippen molar-refractivity contribution in [3.05, 3.63) is 47.0 Å². The summed E-state index contributed by atoms with van der Waals surface area (Å²) in [5, 5.41) is 2.76. The van der Waals surface area contributed by atoms with E-state index in [4.69, 9.17) is 18.9 Å². The Morgan fingerprint density at radius 3 is 1.96 bits per heavy atom. The van der Waals surface area contributed by atoms with Gasteiger partial charge in [-0.2, -0.15) is 0 Å². The van der Waals surface area contributed by atoms with E-state index in [9.17, 15) is 9.59 Å². The molecule has 2 aromatic rings. The Balaban J connectivity index is 2.08. The van der Waals surface area contributed by atoms with Crippen molar-refractivity contribution >= 4 is 17.6 Å². The molecule has 0 saturated heterocycles. The fourth-order valence-electron chi connectivity index (χ4n) is 2.60. The van der Waals surface area contributed by atoms with Gasteiger partial charge >= 0.3 is 5.97 Å². The molecule has 7 heteroatoms. The van der Waals surface area contributed by atoms with Gasteiger partial charge in [-0.1, -0.05) is 18.2 Å². The molecule has 0 spiro atoms. The molecule has 0 bridgehead atoms. The summed E-state index contributed by atoms with van der Waals surface area (Å²) in [4.78, 5) is 24.5. The first-order valence-corrected chi connectivity index (χ1v) is 8.24. The van der Waals surface area contributed by atoms with Gasteiger partial charge < -0.3 is 24.3 Å². The van der Waals surface area contributed by atoms with Crippen LogP contribution in [0.1, 0.15) is 21.5 Å². The number of esters is 1. The third-order valence-electron chi connectivity index (χ3n) is 3.98. The molecule has 0 aliphatic rings. The lowest BCUT2D eigenvalue weighted by Crippen LogP contribution is -2.22. The highest BCUT2D eigenvalue weighted by Crippen LogP contribution is 2.38. The van der Waals surface area contributed by atoms with Crippen LogP contribution in [-0.2, 0) is 9.53 Å². The molecule has 0 fully saturated rings. The van der Waals surface area contributed by atoms with E-state index < -0.39 is 18.5 Å². The Morgan fingerprint density at radius 1 is 0.926 bits per heavy atom. The zero-order valence-electron chi connectivity index (χ0n) is 16.0. The van der Waals surface area contributed by atoms with Crippen molar-refractivity contribution in [2.24, 2.45) is 0 Å². The molecule has 0 atom stereocenters. The van der Waals surface area contributed by atoms with Gasteiger partial charge in [0.15, 0.2) is 18.1 Å². The Morgan fingerprint density at radius 2 is 1.48 bits per heavy atom. The Kier molecular flexibility index (Phi) is 6.65. The number of para-hydroxylation sites is 1. The second-order valence-electron chi connectivity index (χ2n) is 5.81. The van der Waals surface area contributed by atoms with E-state index in [-0.39, 0.29) is 5.56 Å². The van der Waals surface area contributed by atoms with Crippen molar-refractivity contribution in [2.45, 2.75) is 13.8 Å². The summed E-state index contributed by atoms with van der Waals surface area (Å²) in [6.45, 7) is 3.37. The molecule has 2 aromatic carbocycles. The minimum absolute atomic E-state index is 0.185. The van der Waals surface area contributed by atoms with Crippen molar-refractivity contribution < 1.29 is 28.5 Å². The summed E-state index contributed by atoms with van der Waals surface area (Å²) in [5.41, 5.74) is 2.76. The topological polar surface area (TPSA) is 83.1 Å². The van der Waals surface area contributed by atoms with Gasteiger partial charge in [0.05, 0.1) is 26.9 Å². The highest BCUT2D eigenvalue weighted by atomic mass is 16.5. The van der Waals surface area contributed by atoms with Crippen molar-refractivity contribution in [1.29, 1.82) is 0 Å². The lowest BCUT2D eigenvalue weighted by Gasteiger charge is -2.14. The van der Waals surface area contributed by atoms with E-state index in [2.05, 4.69) is 5.32 Å². The summed E-state index contributed by atoms with van der Waals surface area (Å²) in [6, 6.07) is 8.63. The molecule has 144 valence electrons. The maximum absolute atomic E-state index is 12.3. The lowest BCUT2D eigenvalue weighted by atomic mass is 10.1. The predicted molar refractivity (Wildman–Crippen MR) is 101 cm³/mol. The largest absolute Gasteiger partial charge is 0.493 e. The van der Waals surface area contributed by atoms with E-state index in [1.807, 2.05) is 32.0 Å². The van der Waals surface area contributed by atoms with E-state index in [0.29, 0.717) is 22.9 Å². The number of anilines is 1. The molecule has 0 aliphatic heterocycles. The van der Waals surface area contributed by atoms with Gasteiger partial charge in [0.25, 0.3) is 5.91 Å². The summed E-state index contributed by atoms with van der Waals surface area (Å²) >= 11 is 0. The normalized spacial score (nSPS) is 10.1. The Labute approximate surface area is 158 Å². The molecular formula is C20H23NO6. The van der Waals surface area contributed by atoms with Crippen LogP contribution in [0.4, 0.5) is 5.69 Å². The molecule has 2 rings (SSSR count). The molecule has 0 aliphatic carbocycles. The zero-order valence-corrected chi connectivity index (χ0v) is 16.0. The number of rotatable bonds is 7. The van der Waals surface area contributed by atoms with E-state index >= 15 is 0 Å². The number of methoxy groups -OCH3 is 3. The Hall–Kier alpha value is -3.22. The number of nitrogens with one attached hydrogen (secondary N) is 1. The summed E-state index contributed by atoms with van der Waals surface area (Å²) in [7, 11) is 4.37. The van der Waals surface area contributed by atoms with Crippen LogP contribution < -0.4 is 19.5 Å². The highest BCUT2D eigenvalue weighted by molar-refractivity contribution is 5.96. The highest BCUT2D eigenvalue weighted by Gasteiger charge is 2.19. The number of hydrogen-bond acceptors (Lipinski definition) is 6. The molecular weight excluding hydrogens is 350 g/mol. The van der Waals surface area contributed by atoms with Crippen LogP contribution in [0.25, 0.3) is 0 Å². The first-order chi connectivity index (χ1) is 12.9. The number of benzene rings is 2. The molecule has 0 unspecified atom stereocenters. The number of carbonyl (C=O) groups excluding carboxylic acids is 2. The number of aryl methyl sites for hydroxylation is 2. The van der Waals surface area contributed by atoms with Crippen molar-refractivity contribution in [1.82, 2.24) is 0 Å². The smallest absolute Gasteiger partial charge is 0.338 e. The van der Waals surface area contributed by atoms with Gasteiger partial charge in [0.1, 0.15) is 0 Å². The van der Waals surface area contributed by atoms with Crippen LogP contribution in [0.2, 0.25) is 0 Å². The van der Waals surface area contributed by atoms with Crippen LogP contribution >= 0.6 is 0 Å². The van der Waals surface area contributed by atoms with Crippen molar-refractivity contribution in [2.75, 3.05) is 33.3 Å². The molecule has 0 saturated carbocycles. The minimum atomic E-state index is -0.675. The maximum atomic E-state index is 12.3. The van der Waals surface area contributed by atoms with Gasteiger partial charge in [-0.05, 0) is 37.1 Å². The molecule has 0 aromatic heterocycles. The summed E-state index contributed by atoms with van der Waals surface area (Å²) in [6.07, 6.45) is 0. The van der Waals surface area contributed by atoms with E-state index in [0.717, 1.165) is 11.1 Å². The van der Waals surface area contributed by atoms with E-state index in [1.165, 1.54) is 33.5 Å². The number of carbonyl (C=O) groups is 2. The van der Waals surface area contributed by atoms with Crippen LogP contribution in [0, 0.1) is 13.8 Å². The third-order valence-corrected chi connectivity index (χ3v) is 3.98. The van der Waals surface area contributed by atoms with Crippen LogP contribution in [0.15, 0.2) is 30.3 Å². The van der Waals surface area contributed by atoms with Crippen LogP contribution in [-0.4, -0.2) is 39.8 Å². The molecule has 0 heterocycles. The lowest BCUT2D eigenvalue weighted by molar-refractivity contribution is -0.119. The van der Waals surface area contributed by atoms with Gasteiger partial charge in [-0.25, -0.2) is 4.79 Å². The monoisotopic (exact) mass is 373 g/mol. The summed E-state index contributed by atoms with van der Waals surface area (Å²) < 4.78 is 20.7. The van der Waals surface area contributed by atoms with Gasteiger partial charge in [-0.15, -0.1) is 0 Å². The van der Waals surface area contributed by atoms with Gasteiger partial charge in [-0.3, -0.25) is 4.79 Å². The second kappa shape index (κ2) is 8.93. The maximum Gasteiger partial charge on any atom is 0.338 e. The molecule has 27 heavy (non-hydrogen) atoms. The zero-order chi connectivity index (χ0) is 20.0. The SMILES string of the molecule is COc1cc(C(=O)OCC(=O)Nc2c(C)cccc2C)cc(OC)c1OC. The number of amides is 1. The van der Waals surface area contributed by atoms with Crippen molar-refractivity contribution in [3.63, 3.8) is 0 Å². The van der Waals surface area contributed by atoms with E-state index in [1.54, 1.807) is 0 Å². The third kappa shape index (κ3) is 4.69. The number of hydrogen-bond donors (Lipinski definition) is 1. The first-order valence-electron chi connectivity index (χ1n) is 8.24. The van der Waals surface area contributed by atoms with Gasteiger partial charge in [0.2, 0.25) is 5.75 Å². The fraction of sp³-hybridized carbons (Fsp3) is 0.300. The van der Waals surface area contributed by atoms with Crippen LogP contribution in [0.3, 0.4) is 0 Å². The minimum Gasteiger partial charge on any atom is -0.493 e. The van der Waals surface area contributed by atoms with Crippen molar-refractivity contribution in [3.8, 4) is 17.2 Å². The molecule has 7 nitrogen and oxygen atoms in total. The molecule has 0 radical (unpaired) electrons. The standard InChI is InChI=1S/C20H23NO6/c1-12-7-6-8-13(2)18(12)21-17(22)11-27-20(23)14-9-15(24-3)19(26-5)16(10-14)25-4/h6-10H,11H2,1-5H3,(H,21,22). The molecule has 1 N–H and O–H groups in total.